The highest BCUT2D eigenvalue weighted by Gasteiger charge is 2.22. The molecule has 18 heavy (non-hydrogen) atoms. The molecule has 0 rings (SSSR count). The van der Waals surface area contributed by atoms with Crippen molar-refractivity contribution in [2.45, 2.75) is 13.0 Å². The number of ether oxygens (including phenoxy) is 1. The van der Waals surface area contributed by atoms with Gasteiger partial charge in [-0.05, 0) is 6.92 Å². The average molecular weight is 300 g/mol. The molecule has 0 radical (unpaired) electrons. The second-order valence-electron chi connectivity index (χ2n) is 3.20. The largest absolute Gasteiger partial charge is 0.364 e. The highest BCUT2D eigenvalue weighted by Crippen LogP contribution is 2.45. The van der Waals surface area contributed by atoms with Gasteiger partial charge in [0.25, 0.3) is 10.1 Å². The number of rotatable bonds is 8. The SMILES string of the molecule is CC#CC(CS(=O)(=O)O)OCCP(=O)(OC)OC. The summed E-state index contributed by atoms with van der Waals surface area (Å²) in [7, 11) is -4.89. The Morgan fingerprint density at radius 3 is 2.28 bits per heavy atom. The van der Waals surface area contributed by atoms with E-state index in [4.69, 9.17) is 9.29 Å². The Morgan fingerprint density at radius 2 is 1.89 bits per heavy atom. The zero-order valence-corrected chi connectivity index (χ0v) is 12.2. The first kappa shape index (κ1) is 17.6. The van der Waals surface area contributed by atoms with Crippen LogP contribution in [0.2, 0.25) is 0 Å². The standard InChI is InChI=1S/C9H17O7PS/c1-4-5-9(8-18(11,12)13)16-6-7-17(10,14-2)15-3/h9H,6-8H2,1-3H3,(H,11,12,13). The summed E-state index contributed by atoms with van der Waals surface area (Å²) < 4.78 is 56.2. The molecule has 0 bridgehead atoms. The third kappa shape index (κ3) is 7.82. The molecule has 0 aliphatic rings. The van der Waals surface area contributed by atoms with Gasteiger partial charge in [-0.1, -0.05) is 5.92 Å². The fourth-order valence-electron chi connectivity index (χ4n) is 1.05. The van der Waals surface area contributed by atoms with E-state index >= 15 is 0 Å². The molecule has 0 fully saturated rings. The van der Waals surface area contributed by atoms with Gasteiger partial charge in [-0.3, -0.25) is 9.12 Å². The molecule has 1 atom stereocenters. The van der Waals surface area contributed by atoms with Gasteiger partial charge in [0.1, 0.15) is 11.9 Å². The van der Waals surface area contributed by atoms with Crippen molar-refractivity contribution < 1.29 is 31.3 Å². The average Bonchev–Trinajstić information content (AvgIpc) is 2.27. The van der Waals surface area contributed by atoms with Crippen molar-refractivity contribution in [1.82, 2.24) is 0 Å². The summed E-state index contributed by atoms with van der Waals surface area (Å²) in [6.07, 6.45) is -1.01. The Balaban J connectivity index is 4.37. The molecular formula is C9H17O7PS. The first-order valence-electron chi connectivity index (χ1n) is 4.96. The quantitative estimate of drug-likeness (QED) is 0.401. The summed E-state index contributed by atoms with van der Waals surface area (Å²) in [5.41, 5.74) is 0. The number of hydrogen-bond acceptors (Lipinski definition) is 6. The van der Waals surface area contributed by atoms with Crippen LogP contribution >= 0.6 is 7.60 Å². The van der Waals surface area contributed by atoms with Gasteiger partial charge in [-0.25, -0.2) is 0 Å². The molecule has 9 heteroatoms. The maximum atomic E-state index is 11.6. The minimum Gasteiger partial charge on any atom is -0.364 e. The van der Waals surface area contributed by atoms with Crippen molar-refractivity contribution in [3.63, 3.8) is 0 Å². The first-order chi connectivity index (χ1) is 8.26. The molecule has 0 heterocycles. The maximum Gasteiger partial charge on any atom is 0.332 e. The van der Waals surface area contributed by atoms with Crippen LogP contribution < -0.4 is 0 Å². The Labute approximate surface area is 107 Å². The Bertz CT molecular complexity index is 439. The summed E-state index contributed by atoms with van der Waals surface area (Å²) in [6.45, 7) is 1.45. The zero-order valence-electron chi connectivity index (χ0n) is 10.5. The molecule has 0 aromatic heterocycles. The van der Waals surface area contributed by atoms with Gasteiger partial charge >= 0.3 is 7.60 Å². The van der Waals surface area contributed by atoms with E-state index in [0.29, 0.717) is 0 Å². The van der Waals surface area contributed by atoms with E-state index in [1.807, 2.05) is 0 Å². The van der Waals surface area contributed by atoms with Crippen LogP contribution in [0, 0.1) is 11.8 Å². The molecule has 0 saturated heterocycles. The first-order valence-corrected chi connectivity index (χ1v) is 8.29. The number of hydrogen-bond donors (Lipinski definition) is 1. The minimum atomic E-state index is -4.18. The maximum absolute atomic E-state index is 11.6. The van der Waals surface area contributed by atoms with Crippen molar-refractivity contribution in [3.8, 4) is 11.8 Å². The fraction of sp³-hybridized carbons (Fsp3) is 0.778. The van der Waals surface area contributed by atoms with E-state index in [9.17, 15) is 13.0 Å². The summed E-state index contributed by atoms with van der Waals surface area (Å²) in [5, 5.41) is 0. The van der Waals surface area contributed by atoms with E-state index in [0.717, 1.165) is 0 Å². The predicted octanol–water partition coefficient (Wildman–Crippen LogP) is 0.769. The molecule has 0 saturated carbocycles. The minimum absolute atomic E-state index is 0.0344. The highest BCUT2D eigenvalue weighted by atomic mass is 32.2. The van der Waals surface area contributed by atoms with E-state index < -0.39 is 29.6 Å². The van der Waals surface area contributed by atoms with Crippen LogP contribution in [0.3, 0.4) is 0 Å². The molecule has 0 aromatic rings. The van der Waals surface area contributed by atoms with Crippen LogP contribution in [-0.2, 0) is 28.5 Å². The van der Waals surface area contributed by atoms with Crippen molar-refractivity contribution in [2.75, 3.05) is 32.7 Å². The summed E-state index contributed by atoms with van der Waals surface area (Å²) in [5.74, 6) is 4.32. The third-order valence-corrected chi connectivity index (χ3v) is 4.47. The van der Waals surface area contributed by atoms with Gasteiger partial charge in [0, 0.05) is 14.2 Å². The molecule has 1 unspecified atom stereocenters. The molecular weight excluding hydrogens is 283 g/mol. The lowest BCUT2D eigenvalue weighted by atomic mass is 10.4. The molecule has 106 valence electrons. The smallest absolute Gasteiger partial charge is 0.332 e. The summed E-state index contributed by atoms with van der Waals surface area (Å²) >= 11 is 0. The van der Waals surface area contributed by atoms with E-state index in [-0.39, 0.29) is 12.8 Å². The van der Waals surface area contributed by atoms with Crippen LogP contribution in [0.5, 0.6) is 0 Å². The summed E-state index contributed by atoms with van der Waals surface area (Å²) in [4.78, 5) is 0. The van der Waals surface area contributed by atoms with Crippen LogP contribution in [0.4, 0.5) is 0 Å². The second kappa shape index (κ2) is 7.89. The normalized spacial score (nSPS) is 13.8. The van der Waals surface area contributed by atoms with Crippen molar-refractivity contribution in [2.24, 2.45) is 0 Å². The van der Waals surface area contributed by atoms with Crippen molar-refractivity contribution in [3.05, 3.63) is 0 Å². The fourth-order valence-corrected chi connectivity index (χ4v) is 2.45. The van der Waals surface area contributed by atoms with Gasteiger partial charge in [0.15, 0.2) is 0 Å². The molecule has 0 aliphatic carbocycles. The van der Waals surface area contributed by atoms with Gasteiger partial charge in [0.2, 0.25) is 0 Å². The lowest BCUT2D eigenvalue weighted by molar-refractivity contribution is 0.113. The summed E-state index contributed by atoms with van der Waals surface area (Å²) in [6, 6.07) is 0. The van der Waals surface area contributed by atoms with Gasteiger partial charge in [-0.2, -0.15) is 8.42 Å². The molecule has 0 aromatic carbocycles. The predicted molar refractivity (Wildman–Crippen MR) is 66.1 cm³/mol. The van der Waals surface area contributed by atoms with E-state index in [2.05, 4.69) is 20.9 Å². The molecule has 7 nitrogen and oxygen atoms in total. The Hall–Kier alpha value is -0.420. The van der Waals surface area contributed by atoms with Crippen LogP contribution in [0.1, 0.15) is 6.92 Å². The second-order valence-corrected chi connectivity index (χ2v) is 7.10. The van der Waals surface area contributed by atoms with Crippen molar-refractivity contribution in [1.29, 1.82) is 0 Å². The van der Waals surface area contributed by atoms with Crippen LogP contribution in [0.15, 0.2) is 0 Å². The van der Waals surface area contributed by atoms with E-state index in [1.54, 1.807) is 0 Å². The van der Waals surface area contributed by atoms with Crippen molar-refractivity contribution >= 4 is 17.7 Å². The molecule has 0 spiro atoms. The van der Waals surface area contributed by atoms with Gasteiger partial charge in [-0.15, -0.1) is 5.92 Å². The van der Waals surface area contributed by atoms with Gasteiger partial charge < -0.3 is 13.8 Å². The zero-order chi connectivity index (χ0) is 14.2. The molecule has 1 N–H and O–H groups in total. The molecule has 0 aliphatic heterocycles. The lowest BCUT2D eigenvalue weighted by Crippen LogP contribution is -2.23. The van der Waals surface area contributed by atoms with E-state index in [1.165, 1.54) is 21.1 Å². The molecule has 0 amide bonds. The highest BCUT2D eigenvalue weighted by molar-refractivity contribution is 7.85. The Kier molecular flexibility index (Phi) is 7.71. The monoisotopic (exact) mass is 300 g/mol. The van der Waals surface area contributed by atoms with Gasteiger partial charge in [0.05, 0.1) is 12.8 Å². The van der Waals surface area contributed by atoms with Crippen LogP contribution in [0.25, 0.3) is 0 Å². The lowest BCUT2D eigenvalue weighted by Gasteiger charge is -2.15. The van der Waals surface area contributed by atoms with Crippen LogP contribution in [-0.4, -0.2) is 51.8 Å². The topological polar surface area (TPSA) is 99.1 Å². The Morgan fingerprint density at radius 1 is 1.33 bits per heavy atom. The third-order valence-electron chi connectivity index (χ3n) is 1.91.